The predicted molar refractivity (Wildman–Crippen MR) is 117 cm³/mol. The molecular weight excluding hydrogens is 388 g/mol. The first-order valence-electron chi connectivity index (χ1n) is 11.0. The number of hydrogen-bond donors (Lipinski definition) is 0. The zero-order valence-corrected chi connectivity index (χ0v) is 17.5. The van der Waals surface area contributed by atoms with Gasteiger partial charge >= 0.3 is 0 Å². The molecular formula is C23H24N8. The van der Waals surface area contributed by atoms with Crippen molar-refractivity contribution in [2.45, 2.75) is 44.6 Å². The first-order valence-corrected chi connectivity index (χ1v) is 11.0. The van der Waals surface area contributed by atoms with Crippen LogP contribution in [0.25, 0.3) is 23.0 Å². The summed E-state index contributed by atoms with van der Waals surface area (Å²) in [6.07, 6.45) is 13.0. The van der Waals surface area contributed by atoms with Crippen molar-refractivity contribution >= 4 is 5.82 Å². The van der Waals surface area contributed by atoms with Crippen LogP contribution in [0.3, 0.4) is 0 Å². The van der Waals surface area contributed by atoms with E-state index in [1.54, 1.807) is 12.5 Å². The molecule has 0 aliphatic carbocycles. The molecule has 0 spiro atoms. The second-order valence-corrected chi connectivity index (χ2v) is 8.24. The molecule has 8 heteroatoms. The van der Waals surface area contributed by atoms with E-state index in [2.05, 4.69) is 43.7 Å². The fourth-order valence-corrected chi connectivity index (χ4v) is 5.12. The minimum absolute atomic E-state index is 0.178. The van der Waals surface area contributed by atoms with Gasteiger partial charge in [0.25, 0.3) is 0 Å². The molecule has 0 bridgehead atoms. The quantitative estimate of drug-likeness (QED) is 0.508. The number of aromatic nitrogens is 7. The van der Waals surface area contributed by atoms with Gasteiger partial charge in [-0.1, -0.05) is 50.1 Å². The maximum atomic E-state index is 5.10. The molecule has 6 rings (SSSR count). The molecule has 2 aliphatic heterocycles. The Balaban J connectivity index is 1.54. The summed E-state index contributed by atoms with van der Waals surface area (Å²) in [5, 5.41) is 8.81. The largest absolute Gasteiger partial charge is 0.342 e. The van der Waals surface area contributed by atoms with Gasteiger partial charge in [0.2, 0.25) is 5.95 Å². The zero-order valence-electron chi connectivity index (χ0n) is 17.5. The topological polar surface area (TPSA) is 77.5 Å². The fourth-order valence-electron chi connectivity index (χ4n) is 5.12. The molecule has 2 aliphatic rings. The van der Waals surface area contributed by atoms with Crippen LogP contribution in [0.2, 0.25) is 0 Å². The van der Waals surface area contributed by atoms with E-state index in [-0.39, 0.29) is 5.54 Å². The number of fused-ring (bicyclic) bond motifs is 6. The highest BCUT2D eigenvalue weighted by Gasteiger charge is 2.47. The van der Waals surface area contributed by atoms with Crippen LogP contribution in [0.4, 0.5) is 5.82 Å². The Morgan fingerprint density at radius 2 is 1.94 bits per heavy atom. The maximum Gasteiger partial charge on any atom is 0.237 e. The Bertz CT molecular complexity index is 1230. The lowest BCUT2D eigenvalue weighted by Gasteiger charge is -2.46. The summed E-state index contributed by atoms with van der Waals surface area (Å²) in [6.45, 7) is 3.20. The standard InChI is InChI=1S/C23H24N8/c1-2-23-11-7-4-8-13-31(23)20-18(30-16-26-28-21(23)30)15-25-22(27-20)29-14-12-24-19(29)17-9-5-3-6-10-17/h3,5-6,9-10,12,14-16H,2,4,7-8,11,13H2,1H3. The van der Waals surface area contributed by atoms with Crippen LogP contribution >= 0.6 is 0 Å². The summed E-state index contributed by atoms with van der Waals surface area (Å²) in [4.78, 5) is 16.9. The third kappa shape index (κ3) is 2.64. The SMILES string of the molecule is CCC12CCCCCN1c1nc(-n3ccnc3-c3ccccc3)ncc1-n1cnnc12. The van der Waals surface area contributed by atoms with Gasteiger partial charge in [-0.2, -0.15) is 4.98 Å². The Morgan fingerprint density at radius 1 is 1.03 bits per heavy atom. The van der Waals surface area contributed by atoms with Crippen molar-refractivity contribution in [3.63, 3.8) is 0 Å². The molecule has 1 unspecified atom stereocenters. The van der Waals surface area contributed by atoms with Gasteiger partial charge in [-0.25, -0.2) is 9.97 Å². The van der Waals surface area contributed by atoms with E-state index < -0.39 is 0 Å². The third-order valence-electron chi connectivity index (χ3n) is 6.68. The van der Waals surface area contributed by atoms with Crippen molar-refractivity contribution < 1.29 is 0 Å². The monoisotopic (exact) mass is 412 g/mol. The van der Waals surface area contributed by atoms with E-state index in [1.165, 1.54) is 12.8 Å². The summed E-state index contributed by atoms with van der Waals surface area (Å²) in [5.74, 6) is 3.42. The Kier molecular flexibility index (Phi) is 4.12. The van der Waals surface area contributed by atoms with Gasteiger partial charge in [0.05, 0.1) is 6.20 Å². The number of anilines is 1. The molecule has 0 saturated carbocycles. The molecule has 8 nitrogen and oxygen atoms in total. The normalized spacial score (nSPS) is 20.0. The molecule has 1 aromatic carbocycles. The van der Waals surface area contributed by atoms with E-state index in [0.717, 1.165) is 54.5 Å². The Labute approximate surface area is 180 Å². The van der Waals surface area contributed by atoms with E-state index in [0.29, 0.717) is 5.95 Å². The lowest BCUT2D eigenvalue weighted by molar-refractivity contribution is 0.329. The van der Waals surface area contributed by atoms with Gasteiger partial charge < -0.3 is 4.90 Å². The molecule has 0 N–H and O–H groups in total. The average molecular weight is 413 g/mol. The first kappa shape index (κ1) is 18.2. The lowest BCUT2D eigenvalue weighted by Crippen LogP contribution is -2.50. The van der Waals surface area contributed by atoms with Crippen LogP contribution in [0.5, 0.6) is 0 Å². The minimum Gasteiger partial charge on any atom is -0.342 e. The van der Waals surface area contributed by atoms with Crippen LogP contribution < -0.4 is 4.90 Å². The molecule has 1 saturated heterocycles. The number of nitrogens with zero attached hydrogens (tertiary/aromatic N) is 8. The third-order valence-corrected chi connectivity index (χ3v) is 6.68. The van der Waals surface area contributed by atoms with Crippen LogP contribution in [0.15, 0.2) is 55.2 Å². The molecule has 0 radical (unpaired) electrons. The molecule has 156 valence electrons. The van der Waals surface area contributed by atoms with Gasteiger partial charge in [0.1, 0.15) is 23.4 Å². The maximum absolute atomic E-state index is 5.10. The van der Waals surface area contributed by atoms with Gasteiger partial charge in [0, 0.05) is 24.5 Å². The van der Waals surface area contributed by atoms with Gasteiger partial charge in [-0.05, 0) is 19.3 Å². The minimum atomic E-state index is -0.178. The Hall–Kier alpha value is -3.55. The summed E-state index contributed by atoms with van der Waals surface area (Å²) in [7, 11) is 0. The van der Waals surface area contributed by atoms with Crippen molar-refractivity contribution in [3.05, 3.63) is 61.1 Å². The van der Waals surface area contributed by atoms with Crippen molar-refractivity contribution in [2.75, 3.05) is 11.4 Å². The summed E-state index contributed by atoms with van der Waals surface area (Å²) in [5.41, 5.74) is 1.80. The number of hydrogen-bond acceptors (Lipinski definition) is 6. The highest BCUT2D eigenvalue weighted by atomic mass is 15.4. The number of benzene rings is 1. The Morgan fingerprint density at radius 3 is 2.81 bits per heavy atom. The predicted octanol–water partition coefficient (Wildman–Crippen LogP) is 3.91. The molecule has 31 heavy (non-hydrogen) atoms. The summed E-state index contributed by atoms with van der Waals surface area (Å²) >= 11 is 0. The molecule has 1 atom stereocenters. The van der Waals surface area contributed by atoms with Crippen LogP contribution in [-0.4, -0.2) is 40.8 Å². The van der Waals surface area contributed by atoms with Gasteiger partial charge in [-0.15, -0.1) is 10.2 Å². The van der Waals surface area contributed by atoms with E-state index in [4.69, 9.17) is 9.97 Å². The average Bonchev–Trinajstić information content (AvgIpc) is 3.46. The van der Waals surface area contributed by atoms with Crippen molar-refractivity contribution in [1.29, 1.82) is 0 Å². The van der Waals surface area contributed by atoms with Crippen molar-refractivity contribution in [1.82, 2.24) is 34.3 Å². The van der Waals surface area contributed by atoms with Crippen molar-refractivity contribution in [3.8, 4) is 23.0 Å². The van der Waals surface area contributed by atoms with E-state index in [9.17, 15) is 0 Å². The molecule has 0 amide bonds. The van der Waals surface area contributed by atoms with Crippen LogP contribution in [-0.2, 0) is 5.54 Å². The number of rotatable bonds is 3. The second-order valence-electron chi connectivity index (χ2n) is 8.24. The zero-order chi connectivity index (χ0) is 20.8. The summed E-state index contributed by atoms with van der Waals surface area (Å²) < 4.78 is 4.04. The highest BCUT2D eigenvalue weighted by molar-refractivity contribution is 5.64. The van der Waals surface area contributed by atoms with Gasteiger partial charge in [0.15, 0.2) is 11.6 Å². The highest BCUT2D eigenvalue weighted by Crippen LogP contribution is 2.46. The van der Waals surface area contributed by atoms with E-state index >= 15 is 0 Å². The van der Waals surface area contributed by atoms with Crippen molar-refractivity contribution in [2.24, 2.45) is 0 Å². The number of imidazole rings is 1. The molecule has 4 aromatic rings. The fraction of sp³-hybridized carbons (Fsp3) is 0.348. The second kappa shape index (κ2) is 7.01. The first-order chi connectivity index (χ1) is 15.3. The van der Waals surface area contributed by atoms with Crippen LogP contribution in [0.1, 0.15) is 44.9 Å². The lowest BCUT2D eigenvalue weighted by atomic mass is 9.86. The molecule has 1 fully saturated rings. The molecule has 3 aromatic heterocycles. The van der Waals surface area contributed by atoms with Crippen LogP contribution in [0, 0.1) is 0 Å². The molecule has 5 heterocycles. The van der Waals surface area contributed by atoms with Gasteiger partial charge in [-0.3, -0.25) is 9.13 Å². The van der Waals surface area contributed by atoms with E-state index in [1.807, 2.05) is 35.2 Å². The smallest absolute Gasteiger partial charge is 0.237 e. The summed E-state index contributed by atoms with van der Waals surface area (Å²) in [6, 6.07) is 10.1.